The van der Waals surface area contributed by atoms with E-state index in [0.717, 1.165) is 12.1 Å². The minimum Gasteiger partial charge on any atom is -0.492 e. The molecule has 0 atom stereocenters. The number of ether oxygens (including phenoxy) is 1. The highest BCUT2D eigenvalue weighted by Gasteiger charge is 2.30. The van der Waals surface area contributed by atoms with Gasteiger partial charge in [0.05, 0.1) is 11.4 Å². The third-order valence-corrected chi connectivity index (χ3v) is 1.59. The van der Waals surface area contributed by atoms with Crippen LogP contribution in [-0.4, -0.2) is 12.5 Å². The van der Waals surface area contributed by atoms with Gasteiger partial charge in [-0.25, -0.2) is 0 Å². The third kappa shape index (κ3) is 3.10. The van der Waals surface area contributed by atoms with Crippen molar-refractivity contribution in [2.75, 3.05) is 12.5 Å². The second-order valence-corrected chi connectivity index (χ2v) is 2.87. The Morgan fingerprint density at radius 3 is 2.64 bits per heavy atom. The average Bonchev–Trinajstić information content (AvgIpc) is 2.14. The fraction of sp³-hybridized carbons (Fsp3) is 0.333. The van der Waals surface area contributed by atoms with Gasteiger partial charge >= 0.3 is 6.18 Å². The average molecular weight is 224 g/mol. The number of rotatable bonds is 3. The Hall–Kier alpha value is -0.900. The lowest BCUT2D eigenvalue weighted by Gasteiger charge is -2.08. The van der Waals surface area contributed by atoms with Crippen molar-refractivity contribution in [3.05, 3.63) is 29.8 Å². The lowest BCUT2D eigenvalue weighted by Crippen LogP contribution is -2.05. The summed E-state index contributed by atoms with van der Waals surface area (Å²) in [6.07, 6.45) is -4.36. The molecule has 0 aliphatic carbocycles. The predicted octanol–water partition coefficient (Wildman–Crippen LogP) is 3.12. The first-order valence-electron chi connectivity index (χ1n) is 3.81. The molecule has 0 aliphatic rings. The Bertz CT molecular complexity index is 298. The molecule has 1 nitrogen and oxygen atoms in total. The van der Waals surface area contributed by atoms with E-state index in [9.17, 15) is 13.2 Å². The number of hydrogen-bond acceptors (Lipinski definition) is 1. The molecule has 0 unspecified atom stereocenters. The van der Waals surface area contributed by atoms with Gasteiger partial charge in [-0.15, -0.1) is 11.6 Å². The van der Waals surface area contributed by atoms with Gasteiger partial charge in [0.25, 0.3) is 0 Å². The smallest absolute Gasteiger partial charge is 0.416 e. The van der Waals surface area contributed by atoms with Crippen molar-refractivity contribution < 1.29 is 17.9 Å². The molecule has 0 amide bonds. The molecule has 0 saturated carbocycles. The molecule has 1 radical (unpaired) electrons. The number of hydrogen-bond donors (Lipinski definition) is 0. The highest BCUT2D eigenvalue weighted by Crippen LogP contribution is 2.30. The lowest BCUT2D eigenvalue weighted by atomic mass is 10.2. The molecule has 5 heteroatoms. The van der Waals surface area contributed by atoms with E-state index in [1.165, 1.54) is 6.07 Å². The Morgan fingerprint density at radius 2 is 2.07 bits per heavy atom. The minimum absolute atomic E-state index is 0.125. The first kappa shape index (κ1) is 11.2. The fourth-order valence-corrected chi connectivity index (χ4v) is 0.931. The first-order valence-corrected chi connectivity index (χ1v) is 4.34. The van der Waals surface area contributed by atoms with Gasteiger partial charge in [0, 0.05) is 0 Å². The summed E-state index contributed by atoms with van der Waals surface area (Å²) >= 11 is 5.32. The van der Waals surface area contributed by atoms with Crippen molar-refractivity contribution in [3.8, 4) is 5.75 Å². The Balaban J connectivity index is 2.79. The third-order valence-electron chi connectivity index (χ3n) is 1.44. The molecule has 0 saturated heterocycles. The van der Waals surface area contributed by atoms with Crippen LogP contribution >= 0.6 is 11.6 Å². The van der Waals surface area contributed by atoms with Crippen molar-refractivity contribution in [1.29, 1.82) is 0 Å². The maximum atomic E-state index is 12.2. The van der Waals surface area contributed by atoms with Crippen LogP contribution in [0, 0.1) is 6.07 Å². The molecular weight excluding hydrogens is 217 g/mol. The summed E-state index contributed by atoms with van der Waals surface area (Å²) in [5.74, 6) is 0.358. The quantitative estimate of drug-likeness (QED) is 0.716. The molecule has 0 aromatic heterocycles. The van der Waals surface area contributed by atoms with Crippen molar-refractivity contribution in [2.24, 2.45) is 0 Å². The highest BCUT2D eigenvalue weighted by atomic mass is 35.5. The lowest BCUT2D eigenvalue weighted by molar-refractivity contribution is -0.137. The van der Waals surface area contributed by atoms with Crippen LogP contribution in [0.1, 0.15) is 5.56 Å². The normalized spacial score (nSPS) is 11.4. The fourth-order valence-electron chi connectivity index (χ4n) is 0.854. The minimum atomic E-state index is -4.36. The Kier molecular flexibility index (Phi) is 3.63. The topological polar surface area (TPSA) is 9.23 Å². The van der Waals surface area contributed by atoms with E-state index in [2.05, 4.69) is 6.07 Å². The summed E-state index contributed by atoms with van der Waals surface area (Å²) in [7, 11) is 0. The van der Waals surface area contributed by atoms with Crippen LogP contribution in [-0.2, 0) is 6.18 Å². The van der Waals surface area contributed by atoms with Gasteiger partial charge in [0.15, 0.2) is 0 Å². The van der Waals surface area contributed by atoms with E-state index < -0.39 is 11.7 Å². The van der Waals surface area contributed by atoms with Crippen LogP contribution in [0.15, 0.2) is 18.2 Å². The van der Waals surface area contributed by atoms with Gasteiger partial charge in [0.2, 0.25) is 0 Å². The highest BCUT2D eigenvalue weighted by molar-refractivity contribution is 6.17. The van der Waals surface area contributed by atoms with E-state index in [-0.39, 0.29) is 18.2 Å². The second kappa shape index (κ2) is 4.55. The van der Waals surface area contributed by atoms with Gasteiger partial charge in [-0.3, -0.25) is 0 Å². The summed E-state index contributed by atoms with van der Waals surface area (Å²) in [6.45, 7) is 0.177. The SMILES string of the molecule is FC(F)(F)c1c[c]cc(OCCCl)c1. The molecule has 1 aromatic rings. The molecule has 77 valence electrons. The molecule has 1 rings (SSSR count). The van der Waals surface area contributed by atoms with Crippen molar-refractivity contribution >= 4 is 11.6 Å². The van der Waals surface area contributed by atoms with Crippen LogP contribution in [0.2, 0.25) is 0 Å². The van der Waals surface area contributed by atoms with Crippen molar-refractivity contribution in [2.45, 2.75) is 6.18 Å². The zero-order chi connectivity index (χ0) is 10.6. The maximum Gasteiger partial charge on any atom is 0.416 e. The summed E-state index contributed by atoms with van der Waals surface area (Å²) in [5, 5.41) is 0. The van der Waals surface area contributed by atoms with E-state index in [4.69, 9.17) is 16.3 Å². The van der Waals surface area contributed by atoms with Crippen LogP contribution in [0.4, 0.5) is 13.2 Å². The Labute approximate surface area is 84.4 Å². The molecule has 0 spiro atoms. The van der Waals surface area contributed by atoms with Crippen LogP contribution in [0.3, 0.4) is 0 Å². The summed E-state index contributed by atoms with van der Waals surface area (Å²) in [4.78, 5) is 0. The monoisotopic (exact) mass is 223 g/mol. The van der Waals surface area contributed by atoms with E-state index in [0.29, 0.717) is 0 Å². The first-order chi connectivity index (χ1) is 6.54. The van der Waals surface area contributed by atoms with Gasteiger partial charge in [0.1, 0.15) is 12.4 Å². The largest absolute Gasteiger partial charge is 0.492 e. The molecule has 14 heavy (non-hydrogen) atoms. The number of benzene rings is 1. The summed E-state index contributed by atoms with van der Waals surface area (Å²) < 4.78 is 41.5. The van der Waals surface area contributed by atoms with Crippen molar-refractivity contribution in [3.63, 3.8) is 0 Å². The van der Waals surface area contributed by atoms with Gasteiger partial charge < -0.3 is 4.74 Å². The van der Waals surface area contributed by atoms with E-state index in [1.54, 1.807) is 0 Å². The number of alkyl halides is 4. The zero-order valence-electron chi connectivity index (χ0n) is 7.07. The van der Waals surface area contributed by atoms with Gasteiger partial charge in [-0.2, -0.15) is 13.2 Å². The Morgan fingerprint density at radius 1 is 1.36 bits per heavy atom. The second-order valence-electron chi connectivity index (χ2n) is 2.49. The molecule has 0 heterocycles. The molecule has 0 bridgehead atoms. The number of halogens is 4. The zero-order valence-corrected chi connectivity index (χ0v) is 7.82. The van der Waals surface area contributed by atoms with Crippen LogP contribution in [0.5, 0.6) is 5.75 Å². The van der Waals surface area contributed by atoms with Crippen molar-refractivity contribution in [1.82, 2.24) is 0 Å². The predicted molar refractivity (Wildman–Crippen MR) is 46.5 cm³/mol. The summed E-state index contributed by atoms with van der Waals surface area (Å²) in [5.41, 5.74) is -0.774. The van der Waals surface area contributed by atoms with E-state index >= 15 is 0 Å². The molecular formula is C9H7ClF3O. The van der Waals surface area contributed by atoms with Gasteiger partial charge in [-0.05, 0) is 24.3 Å². The molecule has 0 aliphatic heterocycles. The van der Waals surface area contributed by atoms with Crippen LogP contribution in [0.25, 0.3) is 0 Å². The molecule has 0 N–H and O–H groups in total. The standard InChI is InChI=1S/C9H7ClF3O/c10-4-5-14-8-3-1-2-7(6-8)9(11,12)13/h2-3,6H,4-5H2. The molecule has 1 aromatic carbocycles. The van der Waals surface area contributed by atoms with Gasteiger partial charge in [-0.1, -0.05) is 0 Å². The van der Waals surface area contributed by atoms with Crippen LogP contribution < -0.4 is 4.74 Å². The van der Waals surface area contributed by atoms with E-state index in [1.807, 2.05) is 0 Å². The summed E-state index contributed by atoms with van der Waals surface area (Å²) in [6, 6.07) is 5.48. The maximum absolute atomic E-state index is 12.2. The molecule has 0 fully saturated rings.